The zero-order valence-electron chi connectivity index (χ0n) is 7.88. The number of benzene rings is 1. The molecule has 1 heterocycles. The zero-order chi connectivity index (χ0) is 11.7. The van der Waals surface area contributed by atoms with Crippen LogP contribution in [-0.4, -0.2) is 10.1 Å². The van der Waals surface area contributed by atoms with Crippen LogP contribution >= 0.6 is 15.9 Å². The van der Waals surface area contributed by atoms with Gasteiger partial charge in [-0.15, -0.1) is 0 Å². The number of nitrogens with zero attached hydrogens (tertiary/aromatic N) is 2. The van der Waals surface area contributed by atoms with Crippen molar-refractivity contribution in [1.82, 2.24) is 5.16 Å². The fourth-order valence-electron chi connectivity index (χ4n) is 1.29. The van der Waals surface area contributed by atoms with Crippen molar-refractivity contribution in [2.75, 3.05) is 5.73 Å². The first-order valence-corrected chi connectivity index (χ1v) is 5.04. The number of hydrogen-bond acceptors (Lipinski definition) is 5. The number of nitrogen functional groups attached to an aromatic ring is 1. The standard InChI is InChI=1S/C9H6BrN3O3/c10-5-1-2-6(8(3-5)13(14)15)7-4-9(11)16-12-7/h1-4H,11H2. The number of halogens is 1. The van der Waals surface area contributed by atoms with Crippen LogP contribution in [0.5, 0.6) is 0 Å². The van der Waals surface area contributed by atoms with E-state index >= 15 is 0 Å². The molecule has 0 saturated heterocycles. The van der Waals surface area contributed by atoms with Gasteiger partial charge in [0, 0.05) is 16.6 Å². The summed E-state index contributed by atoms with van der Waals surface area (Å²) in [6.07, 6.45) is 0. The van der Waals surface area contributed by atoms with E-state index in [9.17, 15) is 10.1 Å². The lowest BCUT2D eigenvalue weighted by Crippen LogP contribution is -1.92. The molecule has 16 heavy (non-hydrogen) atoms. The Morgan fingerprint density at radius 3 is 2.75 bits per heavy atom. The Morgan fingerprint density at radius 2 is 2.19 bits per heavy atom. The Hall–Kier alpha value is -1.89. The van der Waals surface area contributed by atoms with Gasteiger partial charge in [0.15, 0.2) is 0 Å². The summed E-state index contributed by atoms with van der Waals surface area (Å²) in [6, 6.07) is 6.11. The van der Waals surface area contributed by atoms with Crippen LogP contribution in [0.4, 0.5) is 11.6 Å². The molecule has 0 unspecified atom stereocenters. The molecule has 0 atom stereocenters. The maximum Gasteiger partial charge on any atom is 0.280 e. The van der Waals surface area contributed by atoms with Gasteiger partial charge < -0.3 is 10.3 Å². The van der Waals surface area contributed by atoms with Gasteiger partial charge >= 0.3 is 0 Å². The smallest absolute Gasteiger partial charge is 0.280 e. The van der Waals surface area contributed by atoms with Crippen molar-refractivity contribution in [3.05, 3.63) is 38.9 Å². The third-order valence-corrected chi connectivity index (χ3v) is 2.45. The Bertz CT molecular complexity index is 553. The third kappa shape index (κ3) is 1.89. The van der Waals surface area contributed by atoms with Gasteiger partial charge in [-0.25, -0.2) is 0 Å². The van der Waals surface area contributed by atoms with E-state index in [0.717, 1.165) is 0 Å². The van der Waals surface area contributed by atoms with Crippen LogP contribution in [0.25, 0.3) is 11.3 Å². The fraction of sp³-hybridized carbons (Fsp3) is 0. The highest BCUT2D eigenvalue weighted by molar-refractivity contribution is 9.10. The van der Waals surface area contributed by atoms with Gasteiger partial charge in [-0.2, -0.15) is 0 Å². The lowest BCUT2D eigenvalue weighted by Gasteiger charge is -1.98. The molecule has 0 radical (unpaired) electrons. The van der Waals surface area contributed by atoms with Gasteiger partial charge in [0.05, 0.1) is 10.5 Å². The van der Waals surface area contributed by atoms with E-state index in [0.29, 0.717) is 15.7 Å². The van der Waals surface area contributed by atoms with E-state index in [4.69, 9.17) is 5.73 Å². The van der Waals surface area contributed by atoms with Crippen molar-refractivity contribution in [2.45, 2.75) is 0 Å². The molecule has 0 saturated carbocycles. The van der Waals surface area contributed by atoms with Crippen LogP contribution in [0.2, 0.25) is 0 Å². The van der Waals surface area contributed by atoms with Gasteiger partial charge in [-0.05, 0) is 12.1 Å². The first kappa shape index (κ1) is 10.6. The lowest BCUT2D eigenvalue weighted by molar-refractivity contribution is -0.384. The minimum absolute atomic E-state index is 0.0531. The topological polar surface area (TPSA) is 95.2 Å². The normalized spacial score (nSPS) is 10.3. The van der Waals surface area contributed by atoms with Crippen LogP contribution < -0.4 is 5.73 Å². The minimum Gasteiger partial charge on any atom is -0.368 e. The van der Waals surface area contributed by atoms with Crippen molar-refractivity contribution in [1.29, 1.82) is 0 Å². The summed E-state index contributed by atoms with van der Waals surface area (Å²) in [6.45, 7) is 0. The average Bonchev–Trinajstić information content (AvgIpc) is 2.64. The van der Waals surface area contributed by atoms with Crippen LogP contribution in [0, 0.1) is 10.1 Å². The van der Waals surface area contributed by atoms with E-state index in [2.05, 4.69) is 25.6 Å². The maximum atomic E-state index is 10.8. The van der Waals surface area contributed by atoms with E-state index in [1.54, 1.807) is 12.1 Å². The molecular formula is C9H6BrN3O3. The zero-order valence-corrected chi connectivity index (χ0v) is 9.47. The van der Waals surface area contributed by atoms with Crippen LogP contribution in [0.3, 0.4) is 0 Å². The summed E-state index contributed by atoms with van der Waals surface area (Å²) in [5.41, 5.74) is 6.02. The van der Waals surface area contributed by atoms with E-state index in [1.807, 2.05) is 0 Å². The van der Waals surface area contributed by atoms with E-state index < -0.39 is 4.92 Å². The SMILES string of the molecule is Nc1cc(-c2ccc(Br)cc2[N+](=O)[O-])no1. The summed E-state index contributed by atoms with van der Waals surface area (Å²) in [4.78, 5) is 10.4. The molecule has 0 fully saturated rings. The number of nitro benzene ring substituents is 1. The highest BCUT2D eigenvalue weighted by Gasteiger charge is 2.18. The summed E-state index contributed by atoms with van der Waals surface area (Å²) in [5, 5.41) is 14.5. The number of nitrogens with two attached hydrogens (primary N) is 1. The Kier molecular flexibility index (Phi) is 2.61. The molecule has 0 spiro atoms. The molecule has 2 rings (SSSR count). The molecule has 1 aromatic heterocycles. The molecule has 0 amide bonds. The Morgan fingerprint density at radius 1 is 1.44 bits per heavy atom. The van der Waals surface area contributed by atoms with Gasteiger partial charge in [-0.1, -0.05) is 21.1 Å². The monoisotopic (exact) mass is 283 g/mol. The molecule has 2 aromatic rings. The largest absolute Gasteiger partial charge is 0.368 e. The number of nitro groups is 1. The summed E-state index contributed by atoms with van der Waals surface area (Å²) >= 11 is 3.17. The fourth-order valence-corrected chi connectivity index (χ4v) is 1.64. The molecule has 82 valence electrons. The average molecular weight is 284 g/mol. The highest BCUT2D eigenvalue weighted by atomic mass is 79.9. The van der Waals surface area contributed by atoms with Crippen molar-refractivity contribution >= 4 is 27.5 Å². The molecule has 0 aliphatic carbocycles. The van der Waals surface area contributed by atoms with Gasteiger partial charge in [-0.3, -0.25) is 10.1 Å². The van der Waals surface area contributed by atoms with Gasteiger partial charge in [0.1, 0.15) is 5.69 Å². The van der Waals surface area contributed by atoms with Gasteiger partial charge in [0.25, 0.3) is 5.69 Å². The van der Waals surface area contributed by atoms with E-state index in [-0.39, 0.29) is 11.6 Å². The summed E-state index contributed by atoms with van der Waals surface area (Å²) < 4.78 is 5.30. The van der Waals surface area contributed by atoms with Crippen molar-refractivity contribution in [2.24, 2.45) is 0 Å². The van der Waals surface area contributed by atoms with Crippen molar-refractivity contribution < 1.29 is 9.45 Å². The maximum absolute atomic E-state index is 10.8. The van der Waals surface area contributed by atoms with Gasteiger partial charge in [0.2, 0.25) is 5.88 Å². The summed E-state index contributed by atoms with van der Waals surface area (Å²) in [7, 11) is 0. The number of hydrogen-bond donors (Lipinski definition) is 1. The van der Waals surface area contributed by atoms with Crippen LogP contribution in [-0.2, 0) is 0 Å². The predicted octanol–water partition coefficient (Wildman–Crippen LogP) is 2.59. The first-order chi connectivity index (χ1) is 7.58. The molecule has 1 aromatic carbocycles. The number of rotatable bonds is 2. The number of anilines is 1. The predicted molar refractivity (Wildman–Crippen MR) is 60.7 cm³/mol. The van der Waals surface area contributed by atoms with Crippen molar-refractivity contribution in [3.63, 3.8) is 0 Å². The van der Waals surface area contributed by atoms with Crippen molar-refractivity contribution in [3.8, 4) is 11.3 Å². The molecule has 7 heteroatoms. The third-order valence-electron chi connectivity index (χ3n) is 1.96. The molecular weight excluding hydrogens is 278 g/mol. The number of aromatic nitrogens is 1. The molecule has 0 aliphatic rings. The molecule has 6 nitrogen and oxygen atoms in total. The molecule has 0 bridgehead atoms. The lowest BCUT2D eigenvalue weighted by atomic mass is 10.1. The quantitative estimate of drug-likeness (QED) is 0.675. The Balaban J connectivity index is 2.60. The molecule has 2 N–H and O–H groups in total. The van der Waals surface area contributed by atoms with Crippen LogP contribution in [0.1, 0.15) is 0 Å². The first-order valence-electron chi connectivity index (χ1n) is 4.24. The minimum atomic E-state index is -0.481. The van der Waals surface area contributed by atoms with E-state index in [1.165, 1.54) is 12.1 Å². The van der Waals surface area contributed by atoms with Crippen LogP contribution in [0.15, 0.2) is 33.3 Å². The second-order valence-corrected chi connectivity index (χ2v) is 3.95. The Labute approximate surface area is 98.3 Å². The second-order valence-electron chi connectivity index (χ2n) is 3.03. The molecule has 0 aliphatic heterocycles. The summed E-state index contributed by atoms with van der Waals surface area (Å²) in [5.74, 6) is 0.118. The highest BCUT2D eigenvalue weighted by Crippen LogP contribution is 2.32. The second kappa shape index (κ2) is 3.93.